The lowest BCUT2D eigenvalue weighted by Crippen LogP contribution is -2.02. The van der Waals surface area contributed by atoms with Gasteiger partial charge in [0.25, 0.3) is 0 Å². The van der Waals surface area contributed by atoms with E-state index in [1.165, 1.54) is 0 Å². The number of aromatic nitrogens is 2. The van der Waals surface area contributed by atoms with Crippen molar-refractivity contribution < 1.29 is 14.5 Å². The van der Waals surface area contributed by atoms with E-state index in [1.807, 2.05) is 13.8 Å². The van der Waals surface area contributed by atoms with Crippen molar-refractivity contribution in [2.45, 2.75) is 19.8 Å². The molecule has 0 aliphatic heterocycles. The van der Waals surface area contributed by atoms with Crippen LogP contribution in [0.15, 0.2) is 4.63 Å². The fourth-order valence-corrected chi connectivity index (χ4v) is 0.723. The van der Waals surface area contributed by atoms with Crippen molar-refractivity contribution in [2.24, 2.45) is 0 Å². The first-order chi connectivity index (χ1) is 5.13. The molecule has 1 heterocycles. The molecular formula is C6H8N2O3. The molecule has 0 aromatic carbocycles. The van der Waals surface area contributed by atoms with Gasteiger partial charge in [0.1, 0.15) is 5.69 Å². The van der Waals surface area contributed by atoms with Gasteiger partial charge in [0.2, 0.25) is 5.69 Å². The number of nitrogens with zero attached hydrogens (tertiary/aromatic N) is 2. The van der Waals surface area contributed by atoms with Gasteiger partial charge in [-0.1, -0.05) is 19.0 Å². The topological polar surface area (TPSA) is 76.2 Å². The van der Waals surface area contributed by atoms with Gasteiger partial charge in [-0.05, 0) is 5.16 Å². The second kappa shape index (κ2) is 2.69. The van der Waals surface area contributed by atoms with Gasteiger partial charge >= 0.3 is 5.97 Å². The van der Waals surface area contributed by atoms with E-state index in [-0.39, 0.29) is 11.6 Å². The van der Waals surface area contributed by atoms with Crippen LogP contribution in [0.3, 0.4) is 0 Å². The van der Waals surface area contributed by atoms with Crippen molar-refractivity contribution in [3.8, 4) is 0 Å². The third-order valence-corrected chi connectivity index (χ3v) is 1.26. The molecule has 0 saturated carbocycles. The number of rotatable bonds is 2. The quantitative estimate of drug-likeness (QED) is 0.688. The third-order valence-electron chi connectivity index (χ3n) is 1.26. The van der Waals surface area contributed by atoms with Crippen molar-refractivity contribution in [1.29, 1.82) is 0 Å². The molecule has 0 aliphatic rings. The molecule has 0 aliphatic carbocycles. The molecule has 1 aromatic heterocycles. The number of aromatic carboxylic acids is 1. The molecule has 11 heavy (non-hydrogen) atoms. The fraction of sp³-hybridized carbons (Fsp3) is 0.500. The summed E-state index contributed by atoms with van der Waals surface area (Å²) in [6, 6.07) is 0. The molecule has 1 aromatic rings. The summed E-state index contributed by atoms with van der Waals surface area (Å²) in [6.07, 6.45) is 0. The average Bonchev–Trinajstić information content (AvgIpc) is 2.32. The highest BCUT2D eigenvalue weighted by atomic mass is 16.6. The summed E-state index contributed by atoms with van der Waals surface area (Å²) < 4.78 is 4.29. The van der Waals surface area contributed by atoms with Gasteiger partial charge in [0, 0.05) is 5.92 Å². The van der Waals surface area contributed by atoms with Gasteiger partial charge < -0.3 is 5.11 Å². The van der Waals surface area contributed by atoms with Crippen molar-refractivity contribution in [2.75, 3.05) is 0 Å². The average molecular weight is 156 g/mol. The van der Waals surface area contributed by atoms with E-state index in [2.05, 4.69) is 14.9 Å². The fourth-order valence-electron chi connectivity index (χ4n) is 0.723. The zero-order chi connectivity index (χ0) is 8.43. The maximum absolute atomic E-state index is 10.4. The monoisotopic (exact) mass is 156 g/mol. The van der Waals surface area contributed by atoms with Gasteiger partial charge in [-0.2, -0.15) is 0 Å². The molecule has 1 N–H and O–H groups in total. The molecule has 0 bridgehead atoms. The minimum absolute atomic E-state index is 0.0207. The maximum atomic E-state index is 10.4. The minimum atomic E-state index is -1.10. The molecule has 60 valence electrons. The predicted molar refractivity (Wildman–Crippen MR) is 35.3 cm³/mol. The molecule has 0 unspecified atom stereocenters. The van der Waals surface area contributed by atoms with E-state index in [1.54, 1.807) is 0 Å². The number of carboxylic acids is 1. The van der Waals surface area contributed by atoms with Crippen molar-refractivity contribution in [3.05, 3.63) is 11.4 Å². The van der Waals surface area contributed by atoms with Crippen LogP contribution in [-0.2, 0) is 0 Å². The lowest BCUT2D eigenvalue weighted by Gasteiger charge is -1.96. The second-order valence-corrected chi connectivity index (χ2v) is 2.46. The van der Waals surface area contributed by atoms with E-state index >= 15 is 0 Å². The molecule has 5 heteroatoms. The zero-order valence-corrected chi connectivity index (χ0v) is 6.24. The van der Waals surface area contributed by atoms with Crippen LogP contribution in [0.4, 0.5) is 0 Å². The van der Waals surface area contributed by atoms with Gasteiger partial charge in [-0.3, -0.25) is 0 Å². The highest BCUT2D eigenvalue weighted by molar-refractivity contribution is 5.86. The van der Waals surface area contributed by atoms with Crippen LogP contribution in [0, 0.1) is 0 Å². The smallest absolute Gasteiger partial charge is 0.360 e. The summed E-state index contributed by atoms with van der Waals surface area (Å²) in [5, 5.41) is 15.3. The van der Waals surface area contributed by atoms with E-state index in [9.17, 15) is 4.79 Å². The first-order valence-corrected chi connectivity index (χ1v) is 3.18. The Labute approximate surface area is 63.0 Å². The third kappa shape index (κ3) is 1.36. The van der Waals surface area contributed by atoms with Crippen LogP contribution in [0.5, 0.6) is 0 Å². The Hall–Kier alpha value is -1.39. The molecule has 0 radical (unpaired) electrons. The summed E-state index contributed by atoms with van der Waals surface area (Å²) in [4.78, 5) is 10.4. The van der Waals surface area contributed by atoms with E-state index in [4.69, 9.17) is 5.11 Å². The SMILES string of the molecule is CC(C)c1nonc1C(=O)O. The standard InChI is InChI=1S/C6H8N2O3/c1-3(2)4-5(6(9)10)8-11-7-4/h3H,1-2H3,(H,9,10). The first kappa shape index (κ1) is 7.71. The Morgan fingerprint density at radius 3 is 2.55 bits per heavy atom. The van der Waals surface area contributed by atoms with Crippen LogP contribution < -0.4 is 0 Å². The summed E-state index contributed by atoms with van der Waals surface area (Å²) in [7, 11) is 0. The summed E-state index contributed by atoms with van der Waals surface area (Å²) >= 11 is 0. The molecule has 0 saturated heterocycles. The predicted octanol–water partition coefficient (Wildman–Crippen LogP) is 0.891. The van der Waals surface area contributed by atoms with Crippen LogP contribution in [0.2, 0.25) is 0 Å². The van der Waals surface area contributed by atoms with Crippen molar-refractivity contribution >= 4 is 5.97 Å². The molecule has 0 atom stereocenters. The normalized spacial score (nSPS) is 10.5. The highest BCUT2D eigenvalue weighted by Gasteiger charge is 2.18. The lowest BCUT2D eigenvalue weighted by atomic mass is 10.1. The first-order valence-electron chi connectivity index (χ1n) is 3.18. The Morgan fingerprint density at radius 2 is 2.18 bits per heavy atom. The van der Waals surface area contributed by atoms with Crippen LogP contribution >= 0.6 is 0 Å². The lowest BCUT2D eigenvalue weighted by molar-refractivity contribution is 0.0684. The Balaban J connectivity index is 3.06. The van der Waals surface area contributed by atoms with Gasteiger partial charge in [-0.15, -0.1) is 0 Å². The minimum Gasteiger partial charge on any atom is -0.476 e. The van der Waals surface area contributed by atoms with E-state index in [0.29, 0.717) is 5.69 Å². The van der Waals surface area contributed by atoms with E-state index in [0.717, 1.165) is 0 Å². The highest BCUT2D eigenvalue weighted by Crippen LogP contribution is 2.14. The van der Waals surface area contributed by atoms with Gasteiger partial charge in [0.15, 0.2) is 0 Å². The van der Waals surface area contributed by atoms with Gasteiger partial charge in [0.05, 0.1) is 0 Å². The summed E-state index contributed by atoms with van der Waals surface area (Å²) in [5.74, 6) is -1.08. The van der Waals surface area contributed by atoms with E-state index < -0.39 is 5.97 Å². The number of hydrogen-bond donors (Lipinski definition) is 1. The van der Waals surface area contributed by atoms with Crippen molar-refractivity contribution in [1.82, 2.24) is 10.3 Å². The number of carboxylic acid groups (broad SMARTS) is 1. The number of hydrogen-bond acceptors (Lipinski definition) is 4. The maximum Gasteiger partial charge on any atom is 0.360 e. The number of carbonyl (C=O) groups is 1. The van der Waals surface area contributed by atoms with Crippen molar-refractivity contribution in [3.63, 3.8) is 0 Å². The Kier molecular flexibility index (Phi) is 1.89. The molecule has 0 amide bonds. The zero-order valence-electron chi connectivity index (χ0n) is 6.24. The molecule has 5 nitrogen and oxygen atoms in total. The second-order valence-electron chi connectivity index (χ2n) is 2.46. The van der Waals surface area contributed by atoms with Gasteiger partial charge in [-0.25, -0.2) is 9.42 Å². The molecule has 0 fully saturated rings. The summed E-state index contributed by atoms with van der Waals surface area (Å²) in [6.45, 7) is 3.65. The Bertz CT molecular complexity index is 267. The van der Waals surface area contributed by atoms with Crippen LogP contribution in [0.1, 0.15) is 35.9 Å². The molecule has 1 rings (SSSR count). The molecule has 0 spiro atoms. The largest absolute Gasteiger partial charge is 0.476 e. The molecular weight excluding hydrogens is 148 g/mol. The Morgan fingerprint density at radius 1 is 1.55 bits per heavy atom. The van der Waals surface area contributed by atoms with Crippen LogP contribution in [-0.4, -0.2) is 21.4 Å². The summed E-state index contributed by atoms with van der Waals surface area (Å²) in [5.41, 5.74) is 0.289. The van der Waals surface area contributed by atoms with Crippen LogP contribution in [0.25, 0.3) is 0 Å².